The summed E-state index contributed by atoms with van der Waals surface area (Å²) < 4.78 is 0. The maximum Gasteiger partial charge on any atom is 0.161 e. The van der Waals surface area contributed by atoms with Crippen LogP contribution in [0.15, 0.2) is 42.5 Å². The summed E-state index contributed by atoms with van der Waals surface area (Å²) >= 11 is 0. The van der Waals surface area contributed by atoms with Gasteiger partial charge < -0.3 is 5.11 Å². The molecule has 0 fully saturated rings. The highest BCUT2D eigenvalue weighted by atomic mass is 16.3. The summed E-state index contributed by atoms with van der Waals surface area (Å²) in [6.45, 7) is 0. The number of ketones is 1. The van der Waals surface area contributed by atoms with Gasteiger partial charge in [0.25, 0.3) is 0 Å². The van der Waals surface area contributed by atoms with Crippen LogP contribution in [-0.2, 0) is 11.2 Å². The van der Waals surface area contributed by atoms with Gasteiger partial charge in [-0.05, 0) is 18.1 Å². The molecule has 0 amide bonds. The third-order valence-electron chi connectivity index (χ3n) is 2.53. The third-order valence-corrected chi connectivity index (χ3v) is 2.53. The number of carbonyl (C=O) groups is 1. The molecule has 14 heavy (non-hydrogen) atoms. The summed E-state index contributed by atoms with van der Waals surface area (Å²) in [5.74, 6) is -0.251. The molecular weight excluding hydrogens is 176 g/mol. The standard InChI is InChI=1S/C12H12O2/c13-11-6-7-12(14)10(11)8-9-4-2-1-3-5-9/h1-7,10-11,13H,8H2/t10-,11+/m0/s1. The molecule has 1 aromatic carbocycles. The minimum absolute atomic E-state index is 0.0290. The van der Waals surface area contributed by atoms with Crippen LogP contribution < -0.4 is 0 Å². The average Bonchev–Trinajstić information content (AvgIpc) is 2.51. The molecule has 1 aliphatic rings. The van der Waals surface area contributed by atoms with E-state index in [0.717, 1.165) is 5.56 Å². The Morgan fingerprint density at radius 1 is 1.21 bits per heavy atom. The molecule has 1 aliphatic carbocycles. The maximum absolute atomic E-state index is 11.3. The SMILES string of the molecule is O=C1C=C[C@@H](O)[C@@H]1Cc1ccccc1. The van der Waals surface area contributed by atoms with E-state index in [0.29, 0.717) is 6.42 Å². The van der Waals surface area contributed by atoms with Gasteiger partial charge in [-0.25, -0.2) is 0 Å². The molecule has 2 rings (SSSR count). The summed E-state index contributed by atoms with van der Waals surface area (Å²) in [6.07, 6.45) is 3.05. The topological polar surface area (TPSA) is 37.3 Å². The molecule has 2 nitrogen and oxygen atoms in total. The molecule has 0 saturated carbocycles. The molecule has 0 aromatic heterocycles. The summed E-state index contributed by atoms with van der Waals surface area (Å²) in [7, 11) is 0. The second kappa shape index (κ2) is 3.76. The molecular formula is C12H12O2. The van der Waals surface area contributed by atoms with E-state index < -0.39 is 6.10 Å². The van der Waals surface area contributed by atoms with Gasteiger partial charge in [0.2, 0.25) is 0 Å². The van der Waals surface area contributed by atoms with Crippen LogP contribution in [0.25, 0.3) is 0 Å². The van der Waals surface area contributed by atoms with Gasteiger partial charge >= 0.3 is 0 Å². The zero-order chi connectivity index (χ0) is 9.97. The first-order valence-corrected chi connectivity index (χ1v) is 4.71. The fourth-order valence-electron chi connectivity index (χ4n) is 1.71. The Balaban J connectivity index is 2.09. The Hall–Kier alpha value is -1.41. The average molecular weight is 188 g/mol. The lowest BCUT2D eigenvalue weighted by molar-refractivity contribution is -0.119. The Bertz CT molecular complexity index is 354. The lowest BCUT2D eigenvalue weighted by Gasteiger charge is -2.12. The fourth-order valence-corrected chi connectivity index (χ4v) is 1.71. The van der Waals surface area contributed by atoms with Gasteiger partial charge in [0.1, 0.15) is 0 Å². The van der Waals surface area contributed by atoms with Crippen molar-refractivity contribution in [1.82, 2.24) is 0 Å². The summed E-state index contributed by atoms with van der Waals surface area (Å²) in [4.78, 5) is 11.3. The van der Waals surface area contributed by atoms with Gasteiger partial charge in [0, 0.05) is 0 Å². The minimum atomic E-state index is -0.609. The third kappa shape index (κ3) is 1.75. The van der Waals surface area contributed by atoms with E-state index in [9.17, 15) is 9.90 Å². The highest BCUT2D eigenvalue weighted by Gasteiger charge is 2.28. The first kappa shape index (κ1) is 9.16. The highest BCUT2D eigenvalue weighted by Crippen LogP contribution is 2.20. The lowest BCUT2D eigenvalue weighted by Crippen LogP contribution is -2.22. The molecule has 0 saturated heterocycles. The first-order chi connectivity index (χ1) is 6.77. The van der Waals surface area contributed by atoms with Crippen molar-refractivity contribution in [2.24, 2.45) is 5.92 Å². The van der Waals surface area contributed by atoms with E-state index in [4.69, 9.17) is 0 Å². The van der Waals surface area contributed by atoms with E-state index in [-0.39, 0.29) is 11.7 Å². The maximum atomic E-state index is 11.3. The lowest BCUT2D eigenvalue weighted by atomic mass is 9.95. The predicted molar refractivity (Wildman–Crippen MR) is 53.8 cm³/mol. The van der Waals surface area contributed by atoms with E-state index in [1.165, 1.54) is 6.08 Å². The van der Waals surface area contributed by atoms with Crippen LogP contribution in [0.5, 0.6) is 0 Å². The Morgan fingerprint density at radius 2 is 1.93 bits per heavy atom. The number of aliphatic hydroxyl groups excluding tert-OH is 1. The molecule has 0 radical (unpaired) electrons. The van der Waals surface area contributed by atoms with Crippen LogP contribution in [0.2, 0.25) is 0 Å². The highest BCUT2D eigenvalue weighted by molar-refractivity contribution is 5.95. The molecule has 0 bridgehead atoms. The monoisotopic (exact) mass is 188 g/mol. The number of aliphatic hydroxyl groups is 1. The van der Waals surface area contributed by atoms with Crippen molar-refractivity contribution in [2.45, 2.75) is 12.5 Å². The van der Waals surface area contributed by atoms with E-state index >= 15 is 0 Å². The van der Waals surface area contributed by atoms with Crippen molar-refractivity contribution in [2.75, 3.05) is 0 Å². The Kier molecular flexibility index (Phi) is 2.46. The Labute approximate surface area is 82.9 Å². The number of carbonyl (C=O) groups excluding carboxylic acids is 1. The van der Waals surface area contributed by atoms with Gasteiger partial charge in [-0.3, -0.25) is 4.79 Å². The van der Waals surface area contributed by atoms with Crippen molar-refractivity contribution >= 4 is 5.78 Å². The number of rotatable bonds is 2. The predicted octanol–water partition coefficient (Wildman–Crippen LogP) is 1.35. The molecule has 2 atom stereocenters. The van der Waals surface area contributed by atoms with Crippen LogP contribution in [-0.4, -0.2) is 17.0 Å². The normalized spacial score (nSPS) is 25.6. The zero-order valence-electron chi connectivity index (χ0n) is 7.76. The molecule has 1 N–H and O–H groups in total. The summed E-state index contributed by atoms with van der Waals surface area (Å²) in [5, 5.41) is 9.51. The second-order valence-corrected chi connectivity index (χ2v) is 3.55. The quantitative estimate of drug-likeness (QED) is 0.760. The molecule has 2 heteroatoms. The van der Waals surface area contributed by atoms with Crippen LogP contribution in [0.4, 0.5) is 0 Å². The van der Waals surface area contributed by atoms with Crippen LogP contribution >= 0.6 is 0 Å². The van der Waals surface area contributed by atoms with E-state index in [2.05, 4.69) is 0 Å². The van der Waals surface area contributed by atoms with Crippen LogP contribution in [0.1, 0.15) is 5.56 Å². The number of hydrogen-bond donors (Lipinski definition) is 1. The summed E-state index contributed by atoms with van der Waals surface area (Å²) in [5.41, 5.74) is 1.09. The number of hydrogen-bond acceptors (Lipinski definition) is 2. The van der Waals surface area contributed by atoms with Crippen LogP contribution in [0, 0.1) is 5.92 Å². The molecule has 72 valence electrons. The van der Waals surface area contributed by atoms with Gasteiger partial charge in [0.05, 0.1) is 12.0 Å². The van der Waals surface area contributed by atoms with Gasteiger partial charge in [-0.2, -0.15) is 0 Å². The molecule has 1 aromatic rings. The van der Waals surface area contributed by atoms with Gasteiger partial charge in [0.15, 0.2) is 5.78 Å². The van der Waals surface area contributed by atoms with Crippen molar-refractivity contribution in [3.05, 3.63) is 48.0 Å². The van der Waals surface area contributed by atoms with Crippen molar-refractivity contribution < 1.29 is 9.90 Å². The largest absolute Gasteiger partial charge is 0.388 e. The molecule has 0 unspecified atom stereocenters. The summed E-state index contributed by atoms with van der Waals surface area (Å²) in [6, 6.07) is 9.76. The molecule has 0 aliphatic heterocycles. The minimum Gasteiger partial charge on any atom is -0.388 e. The number of allylic oxidation sites excluding steroid dienone is 1. The van der Waals surface area contributed by atoms with Crippen LogP contribution in [0.3, 0.4) is 0 Å². The smallest absolute Gasteiger partial charge is 0.161 e. The first-order valence-electron chi connectivity index (χ1n) is 4.71. The Morgan fingerprint density at radius 3 is 2.50 bits per heavy atom. The van der Waals surface area contributed by atoms with E-state index in [1.807, 2.05) is 30.3 Å². The van der Waals surface area contributed by atoms with Crippen molar-refractivity contribution in [1.29, 1.82) is 0 Å². The molecule has 0 spiro atoms. The fraction of sp³-hybridized carbons (Fsp3) is 0.250. The van der Waals surface area contributed by atoms with E-state index in [1.54, 1.807) is 6.08 Å². The zero-order valence-corrected chi connectivity index (χ0v) is 7.76. The second-order valence-electron chi connectivity index (χ2n) is 3.55. The number of benzene rings is 1. The molecule has 0 heterocycles. The van der Waals surface area contributed by atoms with Crippen molar-refractivity contribution in [3.8, 4) is 0 Å². The van der Waals surface area contributed by atoms with Gasteiger partial charge in [-0.15, -0.1) is 0 Å². The van der Waals surface area contributed by atoms with Crippen molar-refractivity contribution in [3.63, 3.8) is 0 Å². The van der Waals surface area contributed by atoms with Gasteiger partial charge in [-0.1, -0.05) is 36.4 Å².